The van der Waals surface area contributed by atoms with E-state index in [2.05, 4.69) is 13.5 Å². The van der Waals surface area contributed by atoms with Crippen LogP contribution in [0, 0.1) is 11.8 Å². The SMILES string of the molecule is C=C(C)CC(C=O)CC(N)=O.CC.CCC1CCCC1. The van der Waals surface area contributed by atoms with Gasteiger partial charge in [-0.1, -0.05) is 58.4 Å². The average molecular weight is 283 g/mol. The second-order valence-corrected chi connectivity index (χ2v) is 5.29. The molecule has 1 rings (SSSR count). The molecule has 118 valence electrons. The van der Waals surface area contributed by atoms with Gasteiger partial charge in [0.15, 0.2) is 0 Å². The number of allylic oxidation sites excluding steroid dienone is 1. The van der Waals surface area contributed by atoms with Crippen molar-refractivity contribution >= 4 is 12.2 Å². The Labute approximate surface area is 125 Å². The molecule has 1 fully saturated rings. The molecule has 3 heteroatoms. The van der Waals surface area contributed by atoms with Gasteiger partial charge < -0.3 is 10.5 Å². The fourth-order valence-electron chi connectivity index (χ4n) is 2.29. The van der Waals surface area contributed by atoms with E-state index in [0.29, 0.717) is 6.42 Å². The van der Waals surface area contributed by atoms with Crippen molar-refractivity contribution in [3.63, 3.8) is 0 Å². The van der Waals surface area contributed by atoms with Crippen molar-refractivity contribution in [3.8, 4) is 0 Å². The van der Waals surface area contributed by atoms with Crippen molar-refractivity contribution in [1.82, 2.24) is 0 Å². The number of aldehydes is 1. The Balaban J connectivity index is 0. The van der Waals surface area contributed by atoms with Crippen molar-refractivity contribution in [2.75, 3.05) is 0 Å². The topological polar surface area (TPSA) is 60.2 Å². The molecule has 1 aliphatic rings. The van der Waals surface area contributed by atoms with Gasteiger partial charge in [-0.15, -0.1) is 6.58 Å². The second-order valence-electron chi connectivity index (χ2n) is 5.29. The fourth-order valence-corrected chi connectivity index (χ4v) is 2.29. The third kappa shape index (κ3) is 13.3. The zero-order valence-electron chi connectivity index (χ0n) is 13.8. The first-order valence-corrected chi connectivity index (χ1v) is 7.87. The van der Waals surface area contributed by atoms with Crippen molar-refractivity contribution in [2.24, 2.45) is 17.6 Å². The number of hydrogen-bond acceptors (Lipinski definition) is 2. The Morgan fingerprint density at radius 1 is 1.30 bits per heavy atom. The van der Waals surface area contributed by atoms with Gasteiger partial charge >= 0.3 is 0 Å². The first-order valence-electron chi connectivity index (χ1n) is 7.87. The molecule has 1 aliphatic carbocycles. The van der Waals surface area contributed by atoms with E-state index in [1.165, 1.54) is 32.1 Å². The average Bonchev–Trinajstić information content (AvgIpc) is 2.93. The normalized spacial score (nSPS) is 15.2. The van der Waals surface area contributed by atoms with Gasteiger partial charge in [0.05, 0.1) is 0 Å². The van der Waals surface area contributed by atoms with E-state index in [-0.39, 0.29) is 12.3 Å². The summed E-state index contributed by atoms with van der Waals surface area (Å²) in [6, 6.07) is 0. The van der Waals surface area contributed by atoms with Crippen LogP contribution in [0.5, 0.6) is 0 Å². The number of primary amides is 1. The lowest BCUT2D eigenvalue weighted by Crippen LogP contribution is -2.17. The van der Waals surface area contributed by atoms with E-state index in [1.807, 2.05) is 20.8 Å². The molecule has 2 N–H and O–H groups in total. The lowest BCUT2D eigenvalue weighted by Gasteiger charge is -2.05. The number of carbonyl (C=O) groups is 2. The van der Waals surface area contributed by atoms with Gasteiger partial charge in [0.25, 0.3) is 0 Å². The highest BCUT2D eigenvalue weighted by Gasteiger charge is 2.11. The van der Waals surface area contributed by atoms with Crippen LogP contribution in [0.15, 0.2) is 12.2 Å². The monoisotopic (exact) mass is 283 g/mol. The Hall–Kier alpha value is -1.12. The molecule has 1 unspecified atom stereocenters. The Morgan fingerprint density at radius 3 is 2.05 bits per heavy atom. The number of rotatable bonds is 6. The molecule has 0 heterocycles. The van der Waals surface area contributed by atoms with E-state index < -0.39 is 5.91 Å². The summed E-state index contributed by atoms with van der Waals surface area (Å²) in [4.78, 5) is 20.7. The van der Waals surface area contributed by atoms with Crippen molar-refractivity contribution in [1.29, 1.82) is 0 Å². The molecule has 3 nitrogen and oxygen atoms in total. The molecule has 20 heavy (non-hydrogen) atoms. The highest BCUT2D eigenvalue weighted by molar-refractivity contribution is 5.77. The summed E-state index contributed by atoms with van der Waals surface area (Å²) in [5.41, 5.74) is 5.81. The molecule has 1 amide bonds. The summed E-state index contributed by atoms with van der Waals surface area (Å²) < 4.78 is 0. The van der Waals surface area contributed by atoms with Crippen LogP contribution in [-0.4, -0.2) is 12.2 Å². The minimum absolute atomic E-state index is 0.121. The second kappa shape index (κ2) is 14.3. The van der Waals surface area contributed by atoms with Crippen LogP contribution in [0.3, 0.4) is 0 Å². The molecule has 0 aliphatic heterocycles. The third-order valence-electron chi connectivity index (χ3n) is 3.32. The molecule has 0 radical (unpaired) electrons. The van der Waals surface area contributed by atoms with Crippen LogP contribution < -0.4 is 5.73 Å². The van der Waals surface area contributed by atoms with Gasteiger partial charge in [-0.3, -0.25) is 4.79 Å². The van der Waals surface area contributed by atoms with Crippen LogP contribution >= 0.6 is 0 Å². The van der Waals surface area contributed by atoms with Gasteiger partial charge in [0, 0.05) is 12.3 Å². The van der Waals surface area contributed by atoms with Gasteiger partial charge in [-0.25, -0.2) is 0 Å². The molecular weight excluding hydrogens is 250 g/mol. The molecule has 0 saturated heterocycles. The lowest BCUT2D eigenvalue weighted by molar-refractivity contribution is -0.121. The van der Waals surface area contributed by atoms with E-state index in [4.69, 9.17) is 5.73 Å². The summed E-state index contributed by atoms with van der Waals surface area (Å²) >= 11 is 0. The summed E-state index contributed by atoms with van der Waals surface area (Å²) in [6.07, 6.45) is 8.85. The maximum absolute atomic E-state index is 10.4. The van der Waals surface area contributed by atoms with Crippen LogP contribution in [-0.2, 0) is 9.59 Å². The maximum atomic E-state index is 10.4. The molecule has 1 atom stereocenters. The standard InChI is InChI=1S/C8H13NO2.C7H14.C2H6/c1-6(2)3-7(5-10)4-8(9)11;1-2-7-5-3-4-6-7;1-2/h5,7H,1,3-4H2,2H3,(H2,9,11);7H,2-6H2,1H3;1-2H3. The van der Waals surface area contributed by atoms with E-state index in [1.54, 1.807) is 0 Å². The van der Waals surface area contributed by atoms with Gasteiger partial charge in [-0.05, 0) is 19.3 Å². The number of amides is 1. The molecule has 0 spiro atoms. The van der Waals surface area contributed by atoms with Crippen LogP contribution in [0.4, 0.5) is 0 Å². The smallest absolute Gasteiger partial charge is 0.218 e. The third-order valence-corrected chi connectivity index (χ3v) is 3.32. The number of carbonyl (C=O) groups excluding carboxylic acids is 2. The molecule has 1 saturated carbocycles. The van der Waals surface area contributed by atoms with Gasteiger partial charge in [0.2, 0.25) is 5.91 Å². The predicted molar refractivity (Wildman–Crippen MR) is 86.4 cm³/mol. The Morgan fingerprint density at radius 2 is 1.80 bits per heavy atom. The molecule has 0 aromatic rings. The Kier molecular flexibility index (Phi) is 15.1. The van der Waals surface area contributed by atoms with Crippen LogP contribution in [0.25, 0.3) is 0 Å². The fraction of sp³-hybridized carbons (Fsp3) is 0.765. The van der Waals surface area contributed by atoms with Crippen molar-refractivity contribution < 1.29 is 9.59 Å². The van der Waals surface area contributed by atoms with Gasteiger partial charge in [-0.2, -0.15) is 0 Å². The number of hydrogen-bond donors (Lipinski definition) is 1. The molecule has 0 bridgehead atoms. The van der Waals surface area contributed by atoms with E-state index in [0.717, 1.165) is 17.8 Å². The predicted octanol–water partition coefficient (Wildman–Crippen LogP) is 4.26. The first kappa shape index (κ1) is 21.2. The van der Waals surface area contributed by atoms with Crippen LogP contribution in [0.2, 0.25) is 0 Å². The zero-order valence-corrected chi connectivity index (χ0v) is 13.8. The quantitative estimate of drug-likeness (QED) is 0.585. The summed E-state index contributed by atoms with van der Waals surface area (Å²) in [5, 5.41) is 0. The summed E-state index contributed by atoms with van der Waals surface area (Å²) in [5.74, 6) is 0.369. The largest absolute Gasteiger partial charge is 0.370 e. The summed E-state index contributed by atoms with van der Waals surface area (Å²) in [7, 11) is 0. The van der Waals surface area contributed by atoms with Crippen molar-refractivity contribution in [3.05, 3.63) is 12.2 Å². The van der Waals surface area contributed by atoms with E-state index >= 15 is 0 Å². The maximum Gasteiger partial charge on any atom is 0.218 e. The molecule has 0 aromatic carbocycles. The minimum atomic E-state index is -0.441. The lowest BCUT2D eigenvalue weighted by atomic mass is 9.99. The van der Waals surface area contributed by atoms with Gasteiger partial charge in [0.1, 0.15) is 6.29 Å². The summed E-state index contributed by atoms with van der Waals surface area (Å²) in [6.45, 7) is 11.8. The number of nitrogens with two attached hydrogens (primary N) is 1. The van der Waals surface area contributed by atoms with Crippen LogP contribution in [0.1, 0.15) is 72.6 Å². The molecular formula is C17H33NO2. The van der Waals surface area contributed by atoms with Crippen molar-refractivity contribution in [2.45, 2.75) is 72.6 Å². The highest BCUT2D eigenvalue weighted by Crippen LogP contribution is 2.26. The van der Waals surface area contributed by atoms with E-state index in [9.17, 15) is 9.59 Å². The Bertz CT molecular complexity index is 252. The molecule has 0 aromatic heterocycles. The highest BCUT2D eigenvalue weighted by atomic mass is 16.1. The minimum Gasteiger partial charge on any atom is -0.370 e. The zero-order chi connectivity index (χ0) is 16.0. The first-order chi connectivity index (χ1) is 9.49.